The molecule has 1 aliphatic carbocycles. The summed E-state index contributed by atoms with van der Waals surface area (Å²) >= 11 is 1.58. The van der Waals surface area contributed by atoms with Crippen LogP contribution >= 0.6 is 11.3 Å². The number of H-pyrrole nitrogens is 1. The Morgan fingerprint density at radius 2 is 2.22 bits per heavy atom. The first-order valence-electron chi connectivity index (χ1n) is 7.79. The number of nitrogens with zero attached hydrogens (tertiary/aromatic N) is 3. The molecule has 1 N–H and O–H groups in total. The monoisotopic (exact) mass is 332 g/mol. The summed E-state index contributed by atoms with van der Waals surface area (Å²) in [6.45, 7) is 4.27. The van der Waals surface area contributed by atoms with Gasteiger partial charge in [0.25, 0.3) is 0 Å². The summed E-state index contributed by atoms with van der Waals surface area (Å²) in [5, 5.41) is 2.91. The van der Waals surface area contributed by atoms with E-state index in [-0.39, 0.29) is 11.6 Å². The molecule has 3 rings (SSSR count). The van der Waals surface area contributed by atoms with Gasteiger partial charge in [0.15, 0.2) is 0 Å². The van der Waals surface area contributed by atoms with Crippen molar-refractivity contribution in [3.8, 4) is 0 Å². The largest absolute Gasteiger partial charge is 0.345 e. The number of aryl methyl sites for hydroxylation is 2. The number of carbonyl (C=O) groups excluding carboxylic acids is 1. The predicted octanol–water partition coefficient (Wildman–Crippen LogP) is 1.97. The van der Waals surface area contributed by atoms with Gasteiger partial charge in [0, 0.05) is 35.4 Å². The van der Waals surface area contributed by atoms with Crippen LogP contribution in [0, 0.1) is 13.8 Å². The number of amides is 1. The van der Waals surface area contributed by atoms with Gasteiger partial charge in [0.2, 0.25) is 5.91 Å². The number of hydrogen-bond donors (Lipinski definition) is 1. The fourth-order valence-electron chi connectivity index (χ4n) is 2.78. The van der Waals surface area contributed by atoms with Crippen molar-refractivity contribution < 1.29 is 4.79 Å². The fourth-order valence-corrected chi connectivity index (χ4v) is 3.40. The highest BCUT2D eigenvalue weighted by Crippen LogP contribution is 2.29. The van der Waals surface area contributed by atoms with Gasteiger partial charge < -0.3 is 9.88 Å². The van der Waals surface area contributed by atoms with E-state index in [1.165, 1.54) is 0 Å². The molecule has 122 valence electrons. The van der Waals surface area contributed by atoms with Crippen LogP contribution in [0.3, 0.4) is 0 Å². The van der Waals surface area contributed by atoms with E-state index in [4.69, 9.17) is 0 Å². The highest BCUT2D eigenvalue weighted by Gasteiger charge is 2.32. The molecule has 0 aromatic carbocycles. The maximum atomic E-state index is 12.6. The molecule has 1 amide bonds. The molecule has 2 aromatic heterocycles. The summed E-state index contributed by atoms with van der Waals surface area (Å²) in [5.74, 6) is 0.146. The van der Waals surface area contributed by atoms with Crippen LogP contribution in [0.5, 0.6) is 0 Å². The van der Waals surface area contributed by atoms with Crippen LogP contribution in [0.25, 0.3) is 0 Å². The lowest BCUT2D eigenvalue weighted by Gasteiger charge is -2.21. The zero-order chi connectivity index (χ0) is 16.4. The van der Waals surface area contributed by atoms with Crippen molar-refractivity contribution in [1.29, 1.82) is 0 Å². The summed E-state index contributed by atoms with van der Waals surface area (Å²) in [7, 11) is 0. The first kappa shape index (κ1) is 15.9. The molecule has 0 radical (unpaired) electrons. The third-order valence-electron chi connectivity index (χ3n) is 4.14. The Labute approximate surface area is 138 Å². The molecule has 0 aliphatic heterocycles. The Hall–Kier alpha value is -2.02. The molecule has 0 unspecified atom stereocenters. The van der Waals surface area contributed by atoms with Crippen LogP contribution in [0.2, 0.25) is 0 Å². The lowest BCUT2D eigenvalue weighted by atomic mass is 10.1. The number of nitrogens with one attached hydrogen (secondary N) is 1. The second-order valence-corrected chi connectivity index (χ2v) is 6.89. The fraction of sp³-hybridized carbons (Fsp3) is 0.500. The third kappa shape index (κ3) is 3.85. The van der Waals surface area contributed by atoms with Gasteiger partial charge in [-0.3, -0.25) is 4.79 Å². The standard InChI is InChI=1S/C16H20N4O2S/c1-10-13(11(2)19-16(22)18-10)5-6-15(21)20(12-3-4-12)9-14-17-7-8-23-14/h7-8,12H,3-6,9H2,1-2H3,(H,18,19,22). The average molecular weight is 332 g/mol. The van der Waals surface area contributed by atoms with E-state index >= 15 is 0 Å². The normalized spacial score (nSPS) is 14.0. The van der Waals surface area contributed by atoms with Crippen LogP contribution in [0.1, 0.15) is 41.2 Å². The van der Waals surface area contributed by atoms with Crippen molar-refractivity contribution in [1.82, 2.24) is 19.9 Å². The van der Waals surface area contributed by atoms with Crippen molar-refractivity contribution in [3.63, 3.8) is 0 Å². The molecule has 23 heavy (non-hydrogen) atoms. The van der Waals surface area contributed by atoms with Crippen molar-refractivity contribution in [2.75, 3.05) is 0 Å². The Balaban J connectivity index is 1.67. The highest BCUT2D eigenvalue weighted by molar-refractivity contribution is 7.09. The molecule has 1 fully saturated rings. The molecule has 6 nitrogen and oxygen atoms in total. The molecule has 1 saturated carbocycles. The lowest BCUT2D eigenvalue weighted by Crippen LogP contribution is -2.33. The Kier molecular flexibility index (Phi) is 4.56. The second kappa shape index (κ2) is 6.62. The van der Waals surface area contributed by atoms with Crippen LogP contribution < -0.4 is 5.69 Å². The van der Waals surface area contributed by atoms with E-state index in [1.807, 2.05) is 24.1 Å². The minimum Gasteiger partial charge on any atom is -0.333 e. The van der Waals surface area contributed by atoms with Gasteiger partial charge in [-0.25, -0.2) is 9.78 Å². The molecule has 1 aliphatic rings. The van der Waals surface area contributed by atoms with Crippen molar-refractivity contribution in [2.45, 2.75) is 52.1 Å². The number of carbonyl (C=O) groups is 1. The van der Waals surface area contributed by atoms with Crippen LogP contribution in [0.4, 0.5) is 0 Å². The van der Waals surface area contributed by atoms with E-state index in [0.717, 1.165) is 29.1 Å². The molecular weight excluding hydrogens is 312 g/mol. The maximum Gasteiger partial charge on any atom is 0.345 e. The Morgan fingerprint density at radius 1 is 1.43 bits per heavy atom. The van der Waals surface area contributed by atoms with Gasteiger partial charge in [-0.15, -0.1) is 11.3 Å². The average Bonchev–Trinajstić information content (AvgIpc) is 3.19. The van der Waals surface area contributed by atoms with Crippen molar-refractivity contribution in [2.24, 2.45) is 0 Å². The first-order chi connectivity index (χ1) is 11.0. The predicted molar refractivity (Wildman–Crippen MR) is 88.3 cm³/mol. The molecule has 0 bridgehead atoms. The second-order valence-electron chi connectivity index (χ2n) is 5.91. The van der Waals surface area contributed by atoms with Gasteiger partial charge in [-0.05, 0) is 38.7 Å². The molecule has 2 aromatic rings. The third-order valence-corrected chi connectivity index (χ3v) is 4.90. The van der Waals surface area contributed by atoms with E-state index in [9.17, 15) is 9.59 Å². The molecule has 0 atom stereocenters. The molecule has 2 heterocycles. The zero-order valence-electron chi connectivity index (χ0n) is 13.3. The summed E-state index contributed by atoms with van der Waals surface area (Å²) in [6.07, 6.45) is 4.96. The maximum absolute atomic E-state index is 12.6. The molecule has 7 heteroatoms. The van der Waals surface area contributed by atoms with Crippen LogP contribution in [0.15, 0.2) is 16.4 Å². The van der Waals surface area contributed by atoms with Gasteiger partial charge in [0.1, 0.15) is 5.01 Å². The molecule has 0 spiro atoms. The van der Waals surface area contributed by atoms with Gasteiger partial charge in [-0.2, -0.15) is 4.98 Å². The number of thiazole rings is 1. The Morgan fingerprint density at radius 3 is 2.83 bits per heavy atom. The van der Waals surface area contributed by atoms with Crippen molar-refractivity contribution >= 4 is 17.2 Å². The van der Waals surface area contributed by atoms with Gasteiger partial charge >= 0.3 is 5.69 Å². The smallest absolute Gasteiger partial charge is 0.333 e. The number of hydrogen-bond acceptors (Lipinski definition) is 5. The van der Waals surface area contributed by atoms with E-state index < -0.39 is 0 Å². The first-order valence-corrected chi connectivity index (χ1v) is 8.67. The summed E-state index contributed by atoms with van der Waals surface area (Å²) in [6, 6.07) is 0.363. The van der Waals surface area contributed by atoms with Crippen LogP contribution in [-0.4, -0.2) is 31.8 Å². The minimum absolute atomic E-state index is 0.146. The summed E-state index contributed by atoms with van der Waals surface area (Å²) < 4.78 is 0. The number of aromatic amines is 1. The minimum atomic E-state index is -0.335. The zero-order valence-corrected chi connectivity index (χ0v) is 14.2. The molecule has 0 saturated heterocycles. The van der Waals surface area contributed by atoms with Gasteiger partial charge in [0.05, 0.1) is 6.54 Å². The number of rotatable bonds is 6. The van der Waals surface area contributed by atoms with E-state index in [2.05, 4.69) is 15.0 Å². The highest BCUT2D eigenvalue weighted by atomic mass is 32.1. The quantitative estimate of drug-likeness (QED) is 0.877. The van der Waals surface area contributed by atoms with E-state index in [1.54, 1.807) is 17.5 Å². The SMILES string of the molecule is Cc1nc(=O)[nH]c(C)c1CCC(=O)N(Cc1nccs1)C1CC1. The van der Waals surface area contributed by atoms with Gasteiger partial charge in [-0.1, -0.05) is 0 Å². The topological polar surface area (TPSA) is 79.0 Å². The van der Waals surface area contributed by atoms with Crippen molar-refractivity contribution in [3.05, 3.63) is 44.0 Å². The van der Waals surface area contributed by atoms with Crippen LogP contribution in [-0.2, 0) is 17.8 Å². The summed E-state index contributed by atoms with van der Waals surface area (Å²) in [4.78, 5) is 36.8. The Bertz CT molecular complexity index is 724. The molecular formula is C16H20N4O2S. The van der Waals surface area contributed by atoms with E-state index in [0.29, 0.717) is 31.1 Å². The lowest BCUT2D eigenvalue weighted by molar-refractivity contribution is -0.132. The summed E-state index contributed by atoms with van der Waals surface area (Å²) in [5.41, 5.74) is 2.13. The number of aromatic nitrogens is 3.